The highest BCUT2D eigenvalue weighted by molar-refractivity contribution is 7.11. The molecule has 1 N–H and O–H groups in total. The lowest BCUT2D eigenvalue weighted by Crippen LogP contribution is -2.35. The maximum atomic E-state index is 11.7. The van der Waals surface area contributed by atoms with Gasteiger partial charge in [-0.15, -0.1) is 17.9 Å². The zero-order valence-electron chi connectivity index (χ0n) is 7.92. The molecule has 1 aromatic rings. The van der Waals surface area contributed by atoms with Crippen LogP contribution in [-0.4, -0.2) is 40.0 Å². The van der Waals surface area contributed by atoms with Gasteiger partial charge >= 0.3 is 5.97 Å². The highest BCUT2D eigenvalue weighted by atomic mass is 32.1. The standard InChI is InChI=1S/C9H10N2O3S/c1-2-3-11(5-8(12)13)9(14)7-4-10-6-15-7/h2,4,6H,1,3,5H2,(H,12,13). The van der Waals surface area contributed by atoms with Gasteiger partial charge in [0.15, 0.2) is 0 Å². The summed E-state index contributed by atoms with van der Waals surface area (Å²) in [6.45, 7) is 3.35. The first kappa shape index (κ1) is 11.4. The van der Waals surface area contributed by atoms with Crippen molar-refractivity contribution in [1.82, 2.24) is 9.88 Å². The molecule has 0 saturated heterocycles. The largest absolute Gasteiger partial charge is 0.480 e. The van der Waals surface area contributed by atoms with Crippen LogP contribution in [0.25, 0.3) is 0 Å². The highest BCUT2D eigenvalue weighted by Crippen LogP contribution is 2.09. The number of aliphatic carboxylic acids is 1. The van der Waals surface area contributed by atoms with E-state index < -0.39 is 5.97 Å². The van der Waals surface area contributed by atoms with Gasteiger partial charge in [0.25, 0.3) is 5.91 Å². The molecule has 80 valence electrons. The molecule has 1 aromatic heterocycles. The van der Waals surface area contributed by atoms with Crippen molar-refractivity contribution in [3.63, 3.8) is 0 Å². The number of aromatic nitrogens is 1. The van der Waals surface area contributed by atoms with E-state index in [1.807, 2.05) is 0 Å². The van der Waals surface area contributed by atoms with Gasteiger partial charge in [-0.3, -0.25) is 14.6 Å². The van der Waals surface area contributed by atoms with E-state index in [1.54, 1.807) is 0 Å². The van der Waals surface area contributed by atoms with Crippen LogP contribution >= 0.6 is 11.3 Å². The molecule has 0 spiro atoms. The van der Waals surface area contributed by atoms with Crippen LogP contribution in [-0.2, 0) is 4.79 Å². The third-order valence-electron chi connectivity index (χ3n) is 1.61. The first-order chi connectivity index (χ1) is 7.15. The minimum Gasteiger partial charge on any atom is -0.480 e. The van der Waals surface area contributed by atoms with Crippen LogP contribution in [0.2, 0.25) is 0 Å². The van der Waals surface area contributed by atoms with Gasteiger partial charge in [-0.25, -0.2) is 0 Å². The Balaban J connectivity index is 2.75. The molecule has 0 saturated carbocycles. The molecule has 15 heavy (non-hydrogen) atoms. The second kappa shape index (κ2) is 5.26. The average Bonchev–Trinajstić information content (AvgIpc) is 2.68. The van der Waals surface area contributed by atoms with Gasteiger partial charge in [-0.1, -0.05) is 6.08 Å². The van der Waals surface area contributed by atoms with Crippen molar-refractivity contribution in [3.8, 4) is 0 Å². The second-order valence-electron chi connectivity index (χ2n) is 2.73. The molecule has 0 aromatic carbocycles. The molecule has 0 atom stereocenters. The van der Waals surface area contributed by atoms with E-state index in [9.17, 15) is 9.59 Å². The molecule has 1 amide bonds. The number of carbonyl (C=O) groups is 2. The van der Waals surface area contributed by atoms with Crippen molar-refractivity contribution in [2.24, 2.45) is 0 Å². The zero-order valence-corrected chi connectivity index (χ0v) is 8.74. The summed E-state index contributed by atoms with van der Waals surface area (Å²) in [7, 11) is 0. The number of carbonyl (C=O) groups excluding carboxylic acids is 1. The third-order valence-corrected chi connectivity index (χ3v) is 2.37. The Morgan fingerprint density at radius 2 is 2.40 bits per heavy atom. The monoisotopic (exact) mass is 226 g/mol. The normalized spacial score (nSPS) is 9.60. The average molecular weight is 226 g/mol. The Kier molecular flexibility index (Phi) is 3.99. The molecule has 0 aliphatic heterocycles. The van der Waals surface area contributed by atoms with E-state index in [0.717, 1.165) is 0 Å². The Morgan fingerprint density at radius 1 is 1.67 bits per heavy atom. The van der Waals surface area contributed by atoms with Crippen molar-refractivity contribution in [3.05, 3.63) is 29.2 Å². The van der Waals surface area contributed by atoms with Crippen LogP contribution in [0, 0.1) is 0 Å². The van der Waals surface area contributed by atoms with Crippen LogP contribution in [0.1, 0.15) is 9.67 Å². The molecule has 0 aliphatic carbocycles. The van der Waals surface area contributed by atoms with Crippen LogP contribution < -0.4 is 0 Å². The van der Waals surface area contributed by atoms with E-state index in [0.29, 0.717) is 4.88 Å². The quantitative estimate of drug-likeness (QED) is 0.756. The number of hydrogen-bond donors (Lipinski definition) is 1. The van der Waals surface area contributed by atoms with Gasteiger partial charge in [0.1, 0.15) is 11.4 Å². The maximum absolute atomic E-state index is 11.7. The van der Waals surface area contributed by atoms with E-state index in [-0.39, 0.29) is 19.0 Å². The number of nitrogens with zero attached hydrogens (tertiary/aromatic N) is 2. The molecule has 1 rings (SSSR count). The molecule has 0 fully saturated rings. The first-order valence-corrected chi connectivity index (χ1v) is 5.03. The number of rotatable bonds is 5. The van der Waals surface area contributed by atoms with Gasteiger partial charge in [0.2, 0.25) is 0 Å². The van der Waals surface area contributed by atoms with Gasteiger partial charge < -0.3 is 10.0 Å². The molecule has 0 bridgehead atoms. The summed E-state index contributed by atoms with van der Waals surface area (Å²) in [6, 6.07) is 0. The van der Waals surface area contributed by atoms with Gasteiger partial charge in [-0.05, 0) is 0 Å². The zero-order chi connectivity index (χ0) is 11.3. The molecular weight excluding hydrogens is 216 g/mol. The molecule has 5 nitrogen and oxygen atoms in total. The third kappa shape index (κ3) is 3.17. The number of carboxylic acid groups (broad SMARTS) is 1. The lowest BCUT2D eigenvalue weighted by molar-refractivity contribution is -0.137. The van der Waals surface area contributed by atoms with Crippen LogP contribution in [0.4, 0.5) is 0 Å². The van der Waals surface area contributed by atoms with Crippen LogP contribution in [0.15, 0.2) is 24.4 Å². The predicted octanol–water partition coefficient (Wildman–Crippen LogP) is 0.856. The molecule has 0 aliphatic rings. The molecule has 0 radical (unpaired) electrons. The van der Waals surface area contributed by atoms with E-state index in [1.165, 1.54) is 34.0 Å². The Bertz CT molecular complexity index is 361. The Labute approximate surface area is 90.7 Å². The summed E-state index contributed by atoms with van der Waals surface area (Å²) in [5.74, 6) is -1.38. The summed E-state index contributed by atoms with van der Waals surface area (Å²) in [6.07, 6.45) is 2.91. The SMILES string of the molecule is C=CCN(CC(=O)O)C(=O)c1cncs1. The van der Waals surface area contributed by atoms with Gasteiger partial charge in [0.05, 0.1) is 11.7 Å². The lowest BCUT2D eigenvalue weighted by Gasteiger charge is -2.17. The summed E-state index contributed by atoms with van der Waals surface area (Å²) >= 11 is 1.18. The topological polar surface area (TPSA) is 70.5 Å². The first-order valence-electron chi connectivity index (χ1n) is 4.15. The number of amides is 1. The van der Waals surface area contributed by atoms with Crippen LogP contribution in [0.3, 0.4) is 0 Å². The molecule has 0 unspecified atom stereocenters. The van der Waals surface area contributed by atoms with Crippen molar-refractivity contribution in [2.75, 3.05) is 13.1 Å². The minimum atomic E-state index is -1.05. The maximum Gasteiger partial charge on any atom is 0.323 e. The van der Waals surface area contributed by atoms with Gasteiger partial charge in [-0.2, -0.15) is 0 Å². The van der Waals surface area contributed by atoms with Crippen molar-refractivity contribution >= 4 is 23.2 Å². The summed E-state index contributed by atoms with van der Waals surface area (Å²) in [5.41, 5.74) is 1.53. The number of thiazole rings is 1. The van der Waals surface area contributed by atoms with E-state index in [4.69, 9.17) is 5.11 Å². The van der Waals surface area contributed by atoms with Crippen molar-refractivity contribution in [1.29, 1.82) is 0 Å². The van der Waals surface area contributed by atoms with E-state index in [2.05, 4.69) is 11.6 Å². The minimum absolute atomic E-state index is 0.211. The Morgan fingerprint density at radius 3 is 2.87 bits per heavy atom. The highest BCUT2D eigenvalue weighted by Gasteiger charge is 2.18. The van der Waals surface area contributed by atoms with Gasteiger partial charge in [0, 0.05) is 6.54 Å². The fourth-order valence-corrected chi connectivity index (χ4v) is 1.60. The summed E-state index contributed by atoms with van der Waals surface area (Å²) in [4.78, 5) is 27.6. The number of hydrogen-bond acceptors (Lipinski definition) is 4. The fourth-order valence-electron chi connectivity index (χ4n) is 1.02. The second-order valence-corrected chi connectivity index (χ2v) is 3.62. The summed E-state index contributed by atoms with van der Waals surface area (Å²) in [5, 5.41) is 8.62. The smallest absolute Gasteiger partial charge is 0.323 e. The number of carboxylic acids is 1. The molecule has 6 heteroatoms. The molecule has 1 heterocycles. The van der Waals surface area contributed by atoms with E-state index >= 15 is 0 Å². The summed E-state index contributed by atoms with van der Waals surface area (Å²) < 4.78 is 0. The lowest BCUT2D eigenvalue weighted by atomic mass is 10.4. The van der Waals surface area contributed by atoms with Crippen molar-refractivity contribution < 1.29 is 14.7 Å². The Hall–Kier alpha value is -1.69. The fraction of sp³-hybridized carbons (Fsp3) is 0.222. The molecular formula is C9H10N2O3S. The predicted molar refractivity (Wildman–Crippen MR) is 55.9 cm³/mol. The van der Waals surface area contributed by atoms with Crippen molar-refractivity contribution in [2.45, 2.75) is 0 Å². The van der Waals surface area contributed by atoms with Crippen LogP contribution in [0.5, 0.6) is 0 Å².